The molecule has 0 atom stereocenters. The Morgan fingerprint density at radius 2 is 1.91 bits per heavy atom. The first-order valence-corrected chi connectivity index (χ1v) is 8.31. The first kappa shape index (κ1) is 16.4. The standard InChI is InChI=1S/C18H21NO2S/c1-2-3-11-19-15-5-4-6-17(13-15)22-16-9-7-14(8-10-16)12-18(20)21/h4-10,13,19H,2-3,11-12H2,1H3,(H,20,21). The maximum Gasteiger partial charge on any atom is 0.307 e. The maximum absolute atomic E-state index is 10.7. The number of nitrogens with one attached hydrogen (secondary N) is 1. The van der Waals surface area contributed by atoms with Crippen molar-refractivity contribution in [2.75, 3.05) is 11.9 Å². The molecule has 0 radical (unpaired) electrons. The highest BCUT2D eigenvalue weighted by Gasteiger charge is 2.02. The normalized spacial score (nSPS) is 10.4. The Labute approximate surface area is 135 Å². The quantitative estimate of drug-likeness (QED) is 0.695. The average molecular weight is 315 g/mol. The zero-order valence-corrected chi connectivity index (χ0v) is 13.5. The fraction of sp³-hybridized carbons (Fsp3) is 0.278. The van der Waals surface area contributed by atoms with E-state index in [2.05, 4.69) is 36.5 Å². The predicted molar refractivity (Wildman–Crippen MR) is 91.7 cm³/mol. The van der Waals surface area contributed by atoms with E-state index in [0.717, 1.165) is 22.7 Å². The van der Waals surface area contributed by atoms with E-state index in [1.165, 1.54) is 17.7 Å². The van der Waals surface area contributed by atoms with E-state index in [4.69, 9.17) is 5.11 Å². The van der Waals surface area contributed by atoms with E-state index in [0.29, 0.717) is 0 Å². The Morgan fingerprint density at radius 1 is 1.14 bits per heavy atom. The van der Waals surface area contributed by atoms with Crippen molar-refractivity contribution in [1.29, 1.82) is 0 Å². The molecule has 2 rings (SSSR count). The van der Waals surface area contributed by atoms with Gasteiger partial charge in [0.05, 0.1) is 6.42 Å². The van der Waals surface area contributed by atoms with Gasteiger partial charge in [0.1, 0.15) is 0 Å². The summed E-state index contributed by atoms with van der Waals surface area (Å²) in [4.78, 5) is 13.0. The molecule has 0 saturated carbocycles. The molecule has 0 aliphatic rings. The van der Waals surface area contributed by atoms with Crippen molar-refractivity contribution in [2.24, 2.45) is 0 Å². The molecule has 0 saturated heterocycles. The van der Waals surface area contributed by atoms with Crippen LogP contribution in [0.3, 0.4) is 0 Å². The smallest absolute Gasteiger partial charge is 0.307 e. The van der Waals surface area contributed by atoms with E-state index >= 15 is 0 Å². The molecule has 2 N–H and O–H groups in total. The van der Waals surface area contributed by atoms with Crippen molar-refractivity contribution in [3.8, 4) is 0 Å². The molecule has 2 aromatic carbocycles. The number of hydrogen-bond donors (Lipinski definition) is 2. The Kier molecular flexibility index (Phi) is 6.34. The lowest BCUT2D eigenvalue weighted by Crippen LogP contribution is -2.00. The van der Waals surface area contributed by atoms with Crippen molar-refractivity contribution >= 4 is 23.4 Å². The van der Waals surface area contributed by atoms with Gasteiger partial charge in [-0.2, -0.15) is 0 Å². The third-order valence-corrected chi connectivity index (χ3v) is 4.21. The first-order valence-electron chi connectivity index (χ1n) is 7.50. The molecular weight excluding hydrogens is 294 g/mol. The van der Waals surface area contributed by atoms with Gasteiger partial charge in [-0.25, -0.2) is 0 Å². The first-order chi connectivity index (χ1) is 10.7. The fourth-order valence-electron chi connectivity index (χ4n) is 2.07. The van der Waals surface area contributed by atoms with Crippen molar-refractivity contribution < 1.29 is 9.90 Å². The minimum Gasteiger partial charge on any atom is -0.481 e. The number of anilines is 1. The molecule has 0 aromatic heterocycles. The number of rotatable bonds is 8. The van der Waals surface area contributed by atoms with E-state index in [9.17, 15) is 4.79 Å². The molecular formula is C18H21NO2S. The number of carboxylic acid groups (broad SMARTS) is 1. The van der Waals surface area contributed by atoms with E-state index in [1.807, 2.05) is 24.3 Å². The lowest BCUT2D eigenvalue weighted by Gasteiger charge is -2.08. The van der Waals surface area contributed by atoms with E-state index in [1.54, 1.807) is 11.8 Å². The third-order valence-electron chi connectivity index (χ3n) is 3.21. The highest BCUT2D eigenvalue weighted by molar-refractivity contribution is 7.99. The maximum atomic E-state index is 10.7. The minimum atomic E-state index is -0.800. The molecule has 0 amide bonds. The summed E-state index contributed by atoms with van der Waals surface area (Å²) < 4.78 is 0. The van der Waals surface area contributed by atoms with Crippen LogP contribution in [0.2, 0.25) is 0 Å². The Bertz CT molecular complexity index is 611. The Morgan fingerprint density at radius 3 is 2.59 bits per heavy atom. The molecule has 2 aromatic rings. The topological polar surface area (TPSA) is 49.3 Å². The van der Waals surface area contributed by atoms with Crippen molar-refractivity contribution in [3.05, 3.63) is 54.1 Å². The van der Waals surface area contributed by atoms with Gasteiger partial charge < -0.3 is 10.4 Å². The van der Waals surface area contributed by atoms with Crippen LogP contribution in [0.5, 0.6) is 0 Å². The molecule has 116 valence electrons. The lowest BCUT2D eigenvalue weighted by atomic mass is 10.2. The molecule has 0 unspecified atom stereocenters. The number of carbonyl (C=O) groups is 1. The van der Waals surface area contributed by atoms with Gasteiger partial charge >= 0.3 is 5.97 Å². The predicted octanol–water partition coefficient (Wildman–Crippen LogP) is 4.68. The van der Waals surface area contributed by atoms with Crippen LogP contribution >= 0.6 is 11.8 Å². The van der Waals surface area contributed by atoms with Gasteiger partial charge in [0.2, 0.25) is 0 Å². The number of carboxylic acids is 1. The molecule has 0 fully saturated rings. The largest absolute Gasteiger partial charge is 0.481 e. The van der Waals surface area contributed by atoms with Crippen LogP contribution in [-0.2, 0) is 11.2 Å². The molecule has 0 aliphatic heterocycles. The van der Waals surface area contributed by atoms with E-state index in [-0.39, 0.29) is 6.42 Å². The molecule has 0 spiro atoms. The molecule has 22 heavy (non-hydrogen) atoms. The van der Waals surface area contributed by atoms with Gasteiger partial charge in [-0.05, 0) is 42.3 Å². The van der Waals surface area contributed by atoms with Crippen molar-refractivity contribution in [1.82, 2.24) is 0 Å². The van der Waals surface area contributed by atoms with Gasteiger partial charge in [-0.15, -0.1) is 0 Å². The summed E-state index contributed by atoms with van der Waals surface area (Å²) in [7, 11) is 0. The van der Waals surface area contributed by atoms with Gasteiger partial charge in [0.15, 0.2) is 0 Å². The lowest BCUT2D eigenvalue weighted by molar-refractivity contribution is -0.136. The zero-order chi connectivity index (χ0) is 15.8. The number of unbranched alkanes of at least 4 members (excludes halogenated alkanes) is 1. The molecule has 4 heteroatoms. The van der Waals surface area contributed by atoms with Gasteiger partial charge in [-0.1, -0.05) is 43.3 Å². The van der Waals surface area contributed by atoms with Crippen LogP contribution in [0.4, 0.5) is 5.69 Å². The van der Waals surface area contributed by atoms with Gasteiger partial charge in [0, 0.05) is 22.0 Å². The van der Waals surface area contributed by atoms with Crippen LogP contribution in [0, 0.1) is 0 Å². The monoisotopic (exact) mass is 315 g/mol. The number of hydrogen-bond acceptors (Lipinski definition) is 3. The molecule has 0 aliphatic carbocycles. The second kappa shape index (κ2) is 8.49. The second-order valence-corrected chi connectivity index (χ2v) is 6.27. The molecule has 3 nitrogen and oxygen atoms in total. The Hall–Kier alpha value is -1.94. The van der Waals surface area contributed by atoms with Gasteiger partial charge in [-0.3, -0.25) is 4.79 Å². The fourth-order valence-corrected chi connectivity index (χ4v) is 2.94. The highest BCUT2D eigenvalue weighted by Crippen LogP contribution is 2.29. The summed E-state index contributed by atoms with van der Waals surface area (Å²) >= 11 is 1.68. The summed E-state index contributed by atoms with van der Waals surface area (Å²) in [5, 5.41) is 12.2. The zero-order valence-electron chi connectivity index (χ0n) is 12.7. The van der Waals surface area contributed by atoms with Crippen molar-refractivity contribution in [2.45, 2.75) is 36.0 Å². The van der Waals surface area contributed by atoms with Crippen LogP contribution in [0.1, 0.15) is 25.3 Å². The molecule has 0 bridgehead atoms. The summed E-state index contributed by atoms with van der Waals surface area (Å²) in [6.07, 6.45) is 2.42. The summed E-state index contributed by atoms with van der Waals surface area (Å²) in [5.74, 6) is -0.800. The summed E-state index contributed by atoms with van der Waals surface area (Å²) in [5.41, 5.74) is 1.97. The third kappa shape index (κ3) is 5.45. The second-order valence-electron chi connectivity index (χ2n) is 5.12. The minimum absolute atomic E-state index is 0.0712. The van der Waals surface area contributed by atoms with Gasteiger partial charge in [0.25, 0.3) is 0 Å². The van der Waals surface area contributed by atoms with Crippen LogP contribution in [0.15, 0.2) is 58.3 Å². The molecule has 0 heterocycles. The average Bonchev–Trinajstić information content (AvgIpc) is 2.49. The van der Waals surface area contributed by atoms with Crippen LogP contribution in [0.25, 0.3) is 0 Å². The Balaban J connectivity index is 1.97. The SMILES string of the molecule is CCCCNc1cccc(Sc2ccc(CC(=O)O)cc2)c1. The summed E-state index contributed by atoms with van der Waals surface area (Å²) in [6.45, 7) is 3.18. The number of aliphatic carboxylic acids is 1. The van der Waals surface area contributed by atoms with E-state index < -0.39 is 5.97 Å². The van der Waals surface area contributed by atoms with Crippen molar-refractivity contribution in [3.63, 3.8) is 0 Å². The van der Waals surface area contributed by atoms with Crippen LogP contribution < -0.4 is 5.32 Å². The van der Waals surface area contributed by atoms with Crippen LogP contribution in [-0.4, -0.2) is 17.6 Å². The number of benzene rings is 2. The highest BCUT2D eigenvalue weighted by atomic mass is 32.2. The summed E-state index contributed by atoms with van der Waals surface area (Å²) in [6, 6.07) is 16.1.